The van der Waals surface area contributed by atoms with Gasteiger partial charge in [0.1, 0.15) is 0 Å². The van der Waals surface area contributed by atoms with Crippen LogP contribution in [-0.2, 0) is 11.3 Å². The Morgan fingerprint density at radius 3 is 2.41 bits per heavy atom. The van der Waals surface area contributed by atoms with E-state index in [0.717, 1.165) is 18.3 Å². The normalized spacial score (nSPS) is 22.6. The van der Waals surface area contributed by atoms with Crippen molar-refractivity contribution in [1.29, 1.82) is 0 Å². The van der Waals surface area contributed by atoms with E-state index in [1.165, 1.54) is 36.8 Å². The van der Waals surface area contributed by atoms with Gasteiger partial charge in [0.05, 0.1) is 13.2 Å². The van der Waals surface area contributed by atoms with Crippen LogP contribution in [-0.4, -0.2) is 6.61 Å². The zero-order chi connectivity index (χ0) is 15.6. The molecule has 1 fully saturated rings. The van der Waals surface area contributed by atoms with Gasteiger partial charge in [-0.25, -0.2) is 0 Å². The molecule has 0 atom stereocenters. The summed E-state index contributed by atoms with van der Waals surface area (Å²) in [6, 6.07) is 9.07. The van der Waals surface area contributed by atoms with E-state index >= 15 is 0 Å². The largest absolute Gasteiger partial charge is 0.373 e. The van der Waals surface area contributed by atoms with Crippen LogP contribution in [0, 0.1) is 5.92 Å². The maximum Gasteiger partial charge on any atom is 0.0721 e. The fourth-order valence-corrected chi connectivity index (χ4v) is 3.20. The van der Waals surface area contributed by atoms with Crippen molar-refractivity contribution in [2.75, 3.05) is 6.61 Å². The van der Waals surface area contributed by atoms with E-state index in [2.05, 4.69) is 43.3 Å². The fourth-order valence-electron chi connectivity index (χ4n) is 3.20. The first-order chi connectivity index (χ1) is 10.8. The molecule has 1 heteroatoms. The standard InChI is InChI=1S/C21H30O/c1-3-5-7-18-8-12-20(13-9-18)21-14-10-19(11-15-21)17-22-16-6-4-2/h4-7,10-11,14-15,18,20H,3,8-9,12-13,16-17H2,1-2H3/b6-4+,7-5+/t18-,20-. The Kier molecular flexibility index (Phi) is 7.45. The SMILES string of the molecule is C/C=C/COCc1ccc([C@H]2CC[C@H](/C=C/CC)CC2)cc1. The third-order valence-electron chi connectivity index (χ3n) is 4.59. The van der Waals surface area contributed by atoms with Gasteiger partial charge in [-0.3, -0.25) is 0 Å². The summed E-state index contributed by atoms with van der Waals surface area (Å²) in [5.74, 6) is 1.57. The van der Waals surface area contributed by atoms with Crippen LogP contribution in [0.2, 0.25) is 0 Å². The second-order valence-electron chi connectivity index (χ2n) is 6.27. The number of allylic oxidation sites excluding steroid dienone is 3. The number of hydrogen-bond acceptors (Lipinski definition) is 1. The minimum absolute atomic E-state index is 0.702. The lowest BCUT2D eigenvalue weighted by Gasteiger charge is -2.27. The Morgan fingerprint density at radius 1 is 1.05 bits per heavy atom. The van der Waals surface area contributed by atoms with Gasteiger partial charge >= 0.3 is 0 Å². The van der Waals surface area contributed by atoms with Crippen molar-refractivity contribution < 1.29 is 4.74 Å². The monoisotopic (exact) mass is 298 g/mol. The highest BCUT2D eigenvalue weighted by molar-refractivity contribution is 5.25. The molecular weight excluding hydrogens is 268 g/mol. The van der Waals surface area contributed by atoms with Gasteiger partial charge in [0.25, 0.3) is 0 Å². The molecule has 22 heavy (non-hydrogen) atoms. The first kappa shape index (κ1) is 17.0. The van der Waals surface area contributed by atoms with Gasteiger partial charge in [-0.05, 0) is 62.0 Å². The summed E-state index contributed by atoms with van der Waals surface area (Å²) in [4.78, 5) is 0. The molecule has 0 saturated heterocycles. The topological polar surface area (TPSA) is 9.23 Å². The molecule has 120 valence electrons. The second kappa shape index (κ2) is 9.63. The van der Waals surface area contributed by atoms with Crippen LogP contribution in [0.4, 0.5) is 0 Å². The van der Waals surface area contributed by atoms with E-state index in [4.69, 9.17) is 4.74 Å². The van der Waals surface area contributed by atoms with Crippen LogP contribution in [0.25, 0.3) is 0 Å². The lowest BCUT2D eigenvalue weighted by molar-refractivity contribution is 0.148. The number of hydrogen-bond donors (Lipinski definition) is 0. The van der Waals surface area contributed by atoms with Crippen LogP contribution in [0.1, 0.15) is 63.0 Å². The minimum Gasteiger partial charge on any atom is -0.373 e. The summed E-state index contributed by atoms with van der Waals surface area (Å²) in [7, 11) is 0. The highest BCUT2D eigenvalue weighted by Crippen LogP contribution is 2.36. The second-order valence-corrected chi connectivity index (χ2v) is 6.27. The molecule has 0 radical (unpaired) electrons. The van der Waals surface area contributed by atoms with Crippen LogP contribution < -0.4 is 0 Å². The van der Waals surface area contributed by atoms with E-state index in [1.807, 2.05) is 19.1 Å². The molecule has 1 nitrogen and oxygen atoms in total. The average molecular weight is 298 g/mol. The summed E-state index contributed by atoms with van der Waals surface area (Å²) in [6.07, 6.45) is 15.3. The van der Waals surface area contributed by atoms with Crippen molar-refractivity contribution in [3.63, 3.8) is 0 Å². The summed E-state index contributed by atoms with van der Waals surface area (Å²) < 4.78 is 5.60. The molecule has 1 aliphatic carbocycles. The summed E-state index contributed by atoms with van der Waals surface area (Å²) in [5.41, 5.74) is 2.78. The molecule has 0 spiro atoms. The maximum atomic E-state index is 5.60. The Balaban J connectivity index is 1.80. The molecule has 0 bridgehead atoms. The molecule has 0 heterocycles. The Labute approximate surface area is 136 Å². The number of ether oxygens (including phenoxy) is 1. The van der Waals surface area contributed by atoms with E-state index < -0.39 is 0 Å². The molecular formula is C21H30O. The number of rotatable bonds is 7. The van der Waals surface area contributed by atoms with Crippen LogP contribution in [0.5, 0.6) is 0 Å². The quantitative estimate of drug-likeness (QED) is 0.442. The zero-order valence-corrected chi connectivity index (χ0v) is 14.1. The third kappa shape index (κ3) is 5.46. The molecule has 0 aromatic heterocycles. The minimum atomic E-state index is 0.702. The van der Waals surface area contributed by atoms with Crippen molar-refractivity contribution in [1.82, 2.24) is 0 Å². The van der Waals surface area contributed by atoms with Gasteiger partial charge in [-0.2, -0.15) is 0 Å². The van der Waals surface area contributed by atoms with Crippen molar-refractivity contribution in [3.8, 4) is 0 Å². The van der Waals surface area contributed by atoms with Gasteiger partial charge in [0, 0.05) is 0 Å². The zero-order valence-electron chi connectivity index (χ0n) is 14.1. The first-order valence-electron chi connectivity index (χ1n) is 8.77. The first-order valence-corrected chi connectivity index (χ1v) is 8.77. The smallest absolute Gasteiger partial charge is 0.0721 e. The van der Waals surface area contributed by atoms with Gasteiger partial charge in [0.2, 0.25) is 0 Å². The van der Waals surface area contributed by atoms with E-state index in [9.17, 15) is 0 Å². The maximum absolute atomic E-state index is 5.60. The predicted molar refractivity (Wildman–Crippen MR) is 95.0 cm³/mol. The Bertz CT molecular complexity index is 461. The Morgan fingerprint density at radius 2 is 1.77 bits per heavy atom. The average Bonchev–Trinajstić information content (AvgIpc) is 2.58. The molecule has 1 aromatic carbocycles. The third-order valence-corrected chi connectivity index (χ3v) is 4.59. The molecule has 0 amide bonds. The van der Waals surface area contributed by atoms with E-state index in [0.29, 0.717) is 13.2 Å². The summed E-state index contributed by atoms with van der Waals surface area (Å²) in [5, 5.41) is 0. The van der Waals surface area contributed by atoms with Crippen LogP contribution in [0.15, 0.2) is 48.6 Å². The predicted octanol–water partition coefficient (Wildman–Crippen LogP) is 6.02. The van der Waals surface area contributed by atoms with Crippen molar-refractivity contribution in [2.45, 2.75) is 58.5 Å². The van der Waals surface area contributed by atoms with Gasteiger partial charge in [-0.15, -0.1) is 0 Å². The van der Waals surface area contributed by atoms with Gasteiger partial charge in [-0.1, -0.05) is 55.5 Å². The van der Waals surface area contributed by atoms with Crippen LogP contribution >= 0.6 is 0 Å². The molecule has 1 saturated carbocycles. The van der Waals surface area contributed by atoms with Crippen molar-refractivity contribution in [3.05, 3.63) is 59.7 Å². The van der Waals surface area contributed by atoms with Gasteiger partial charge < -0.3 is 4.74 Å². The molecule has 2 rings (SSSR count). The number of benzene rings is 1. The van der Waals surface area contributed by atoms with Crippen molar-refractivity contribution in [2.24, 2.45) is 5.92 Å². The molecule has 0 aliphatic heterocycles. The molecule has 0 unspecified atom stereocenters. The van der Waals surface area contributed by atoms with Crippen LogP contribution in [0.3, 0.4) is 0 Å². The molecule has 1 aliphatic rings. The fraction of sp³-hybridized carbons (Fsp3) is 0.524. The highest BCUT2D eigenvalue weighted by atomic mass is 16.5. The summed E-state index contributed by atoms with van der Waals surface area (Å²) >= 11 is 0. The van der Waals surface area contributed by atoms with E-state index in [-0.39, 0.29) is 0 Å². The summed E-state index contributed by atoms with van der Waals surface area (Å²) in [6.45, 7) is 5.64. The molecule has 0 N–H and O–H groups in total. The van der Waals surface area contributed by atoms with Crippen molar-refractivity contribution >= 4 is 0 Å². The molecule has 1 aromatic rings. The Hall–Kier alpha value is -1.34. The lowest BCUT2D eigenvalue weighted by atomic mass is 9.78. The van der Waals surface area contributed by atoms with E-state index in [1.54, 1.807) is 0 Å². The highest BCUT2D eigenvalue weighted by Gasteiger charge is 2.20. The lowest BCUT2D eigenvalue weighted by Crippen LogP contribution is -2.11. The van der Waals surface area contributed by atoms with Gasteiger partial charge in [0.15, 0.2) is 0 Å².